The van der Waals surface area contributed by atoms with E-state index in [1.807, 2.05) is 29.7 Å². The molecule has 3 rings (SSSR count). The van der Waals surface area contributed by atoms with Crippen molar-refractivity contribution >= 4 is 21.6 Å². The number of allylic oxidation sites excluding steroid dienone is 1. The molecule has 3 aromatic rings. The first kappa shape index (κ1) is 25.9. The van der Waals surface area contributed by atoms with Crippen molar-refractivity contribution in [1.29, 1.82) is 0 Å². The summed E-state index contributed by atoms with van der Waals surface area (Å²) in [7, 11) is 3.18. The Labute approximate surface area is 205 Å². The van der Waals surface area contributed by atoms with E-state index in [2.05, 4.69) is 30.3 Å². The highest BCUT2D eigenvalue weighted by atomic mass is 32.1. The van der Waals surface area contributed by atoms with Crippen LogP contribution in [0.25, 0.3) is 21.3 Å². The number of aromatic nitrogens is 2. The van der Waals surface area contributed by atoms with Crippen molar-refractivity contribution in [3.05, 3.63) is 52.4 Å². The summed E-state index contributed by atoms with van der Waals surface area (Å²) in [5.74, 6) is 2.40. The number of aliphatic hydroxyl groups excluding tert-OH is 1. The van der Waals surface area contributed by atoms with Crippen molar-refractivity contribution < 1.29 is 14.6 Å². The number of aliphatic hydroxyl groups is 1. The molecule has 34 heavy (non-hydrogen) atoms. The Hall–Kier alpha value is -2.68. The first-order valence-electron chi connectivity index (χ1n) is 11.6. The van der Waals surface area contributed by atoms with Crippen LogP contribution in [0, 0.1) is 5.92 Å². The molecule has 7 nitrogen and oxygen atoms in total. The number of methoxy groups -OCH3 is 2. The molecule has 0 saturated heterocycles. The van der Waals surface area contributed by atoms with Crippen LogP contribution in [0.5, 0.6) is 11.5 Å². The topological polar surface area (TPSA) is 87.7 Å². The van der Waals surface area contributed by atoms with E-state index in [0.717, 1.165) is 30.5 Å². The van der Waals surface area contributed by atoms with Crippen LogP contribution < -0.4 is 15.0 Å². The van der Waals surface area contributed by atoms with E-state index in [4.69, 9.17) is 14.5 Å². The van der Waals surface area contributed by atoms with E-state index in [0.29, 0.717) is 53.0 Å². The fraction of sp³-hybridized carbons (Fsp3) is 0.462. The maximum absolute atomic E-state index is 13.1. The van der Waals surface area contributed by atoms with Gasteiger partial charge in [0.1, 0.15) is 10.7 Å². The van der Waals surface area contributed by atoms with Crippen LogP contribution in [-0.4, -0.2) is 53.4 Å². The maximum atomic E-state index is 13.1. The molecule has 0 unspecified atom stereocenters. The summed E-state index contributed by atoms with van der Waals surface area (Å²) in [6.45, 7) is 9.93. The number of rotatable bonds is 13. The summed E-state index contributed by atoms with van der Waals surface area (Å²) in [4.78, 5) is 23.7. The largest absolute Gasteiger partial charge is 0.493 e. The highest BCUT2D eigenvalue weighted by Crippen LogP contribution is 2.36. The SMILES string of the molecule is C=CCC[C@H](O)CN(CCC(C)C)Cc1nc2scc(-c3ccc(OC)c(OC)c3)c2c(=O)[nH]1. The van der Waals surface area contributed by atoms with Gasteiger partial charge in [-0.25, -0.2) is 4.98 Å². The molecule has 2 N–H and O–H groups in total. The van der Waals surface area contributed by atoms with E-state index in [1.54, 1.807) is 14.2 Å². The number of fused-ring (bicyclic) bond motifs is 1. The number of hydrogen-bond acceptors (Lipinski definition) is 7. The van der Waals surface area contributed by atoms with Crippen LogP contribution in [-0.2, 0) is 6.54 Å². The summed E-state index contributed by atoms with van der Waals surface area (Å²) in [6, 6.07) is 5.61. The number of hydrogen-bond donors (Lipinski definition) is 2. The van der Waals surface area contributed by atoms with Gasteiger partial charge in [0.2, 0.25) is 0 Å². The van der Waals surface area contributed by atoms with E-state index >= 15 is 0 Å². The second kappa shape index (κ2) is 12.1. The van der Waals surface area contributed by atoms with E-state index < -0.39 is 6.10 Å². The summed E-state index contributed by atoms with van der Waals surface area (Å²) >= 11 is 1.45. The third kappa shape index (κ3) is 6.46. The first-order chi connectivity index (χ1) is 16.4. The zero-order valence-corrected chi connectivity index (χ0v) is 21.3. The van der Waals surface area contributed by atoms with Crippen LogP contribution in [0.3, 0.4) is 0 Å². The smallest absolute Gasteiger partial charge is 0.260 e. The predicted molar refractivity (Wildman–Crippen MR) is 139 cm³/mol. The highest BCUT2D eigenvalue weighted by Gasteiger charge is 2.18. The molecule has 0 fully saturated rings. The average molecular weight is 486 g/mol. The second-order valence-corrected chi connectivity index (χ2v) is 9.71. The van der Waals surface area contributed by atoms with Crippen molar-refractivity contribution in [1.82, 2.24) is 14.9 Å². The molecule has 1 aromatic carbocycles. The summed E-state index contributed by atoms with van der Waals surface area (Å²) in [5.41, 5.74) is 1.52. The molecule has 8 heteroatoms. The maximum Gasteiger partial charge on any atom is 0.260 e. The van der Waals surface area contributed by atoms with Crippen LogP contribution in [0.15, 0.2) is 41.0 Å². The molecular weight excluding hydrogens is 450 g/mol. The van der Waals surface area contributed by atoms with Gasteiger partial charge in [-0.3, -0.25) is 9.69 Å². The van der Waals surface area contributed by atoms with E-state index in [1.165, 1.54) is 11.3 Å². The minimum Gasteiger partial charge on any atom is -0.493 e. The Morgan fingerprint density at radius 3 is 2.68 bits per heavy atom. The van der Waals surface area contributed by atoms with Gasteiger partial charge >= 0.3 is 0 Å². The monoisotopic (exact) mass is 485 g/mol. The summed E-state index contributed by atoms with van der Waals surface area (Å²) in [5, 5.41) is 13.0. The molecule has 184 valence electrons. The third-order valence-corrected chi connectivity index (χ3v) is 6.63. The van der Waals surface area contributed by atoms with Gasteiger partial charge in [-0.05, 0) is 49.4 Å². The summed E-state index contributed by atoms with van der Waals surface area (Å²) < 4.78 is 10.7. The number of ether oxygens (including phenoxy) is 2. The molecule has 0 bridgehead atoms. The number of benzene rings is 1. The molecule has 0 aliphatic heterocycles. The number of nitrogens with zero attached hydrogens (tertiary/aromatic N) is 2. The predicted octanol–water partition coefficient (Wildman–Crippen LogP) is 4.84. The molecule has 0 spiro atoms. The molecule has 0 aliphatic rings. The average Bonchev–Trinajstić information content (AvgIpc) is 3.25. The molecule has 0 saturated carbocycles. The molecular formula is C26H35N3O4S. The zero-order valence-electron chi connectivity index (χ0n) is 20.5. The minimum absolute atomic E-state index is 0.165. The second-order valence-electron chi connectivity index (χ2n) is 8.85. The molecule has 1 atom stereocenters. The minimum atomic E-state index is -0.445. The number of H-pyrrole nitrogens is 1. The van der Waals surface area contributed by atoms with Crippen molar-refractivity contribution in [3.63, 3.8) is 0 Å². The molecule has 0 aliphatic carbocycles. The lowest BCUT2D eigenvalue weighted by Crippen LogP contribution is -2.34. The van der Waals surface area contributed by atoms with Crippen LogP contribution in [0.2, 0.25) is 0 Å². The lowest BCUT2D eigenvalue weighted by Gasteiger charge is -2.25. The molecule has 0 radical (unpaired) electrons. The normalized spacial score (nSPS) is 12.4. The number of nitrogens with one attached hydrogen (secondary N) is 1. The van der Waals surface area contributed by atoms with Gasteiger partial charge < -0.3 is 19.6 Å². The fourth-order valence-electron chi connectivity index (χ4n) is 3.87. The standard InChI is InChI=1S/C26H35N3O4S/c1-6-7-8-19(30)14-29(12-11-17(2)3)15-23-27-25(31)24-20(16-34-26(24)28-23)18-9-10-21(32-4)22(13-18)33-5/h6,9-10,13,16-17,19,30H,1,7-8,11-12,14-15H2,2-5H3,(H,27,28,31)/t19-/m0/s1. The van der Waals surface area contributed by atoms with Gasteiger partial charge in [-0.1, -0.05) is 26.0 Å². The van der Waals surface area contributed by atoms with Crippen LogP contribution in [0.1, 0.15) is 38.9 Å². The van der Waals surface area contributed by atoms with Gasteiger partial charge in [-0.15, -0.1) is 17.9 Å². The summed E-state index contributed by atoms with van der Waals surface area (Å²) in [6.07, 6.45) is 3.82. The van der Waals surface area contributed by atoms with Crippen molar-refractivity contribution in [2.45, 2.75) is 45.8 Å². The van der Waals surface area contributed by atoms with Gasteiger partial charge in [0.05, 0.1) is 32.3 Å². The van der Waals surface area contributed by atoms with Gasteiger partial charge in [0.15, 0.2) is 11.5 Å². The Morgan fingerprint density at radius 1 is 1.24 bits per heavy atom. The zero-order chi connectivity index (χ0) is 24.7. The number of aromatic amines is 1. The van der Waals surface area contributed by atoms with Crippen molar-refractivity contribution in [3.8, 4) is 22.6 Å². The lowest BCUT2D eigenvalue weighted by atomic mass is 10.1. The Kier molecular flexibility index (Phi) is 9.27. The Balaban J connectivity index is 1.88. The first-order valence-corrected chi connectivity index (χ1v) is 12.5. The molecule has 2 heterocycles. The van der Waals surface area contributed by atoms with Crippen LogP contribution in [0.4, 0.5) is 0 Å². The van der Waals surface area contributed by atoms with Gasteiger partial charge in [0.25, 0.3) is 5.56 Å². The number of thiophene rings is 1. The fourth-order valence-corrected chi connectivity index (χ4v) is 4.84. The van der Waals surface area contributed by atoms with Crippen molar-refractivity contribution in [2.24, 2.45) is 5.92 Å². The highest BCUT2D eigenvalue weighted by molar-refractivity contribution is 7.17. The molecule has 0 amide bonds. The Morgan fingerprint density at radius 2 is 2.00 bits per heavy atom. The van der Waals surface area contributed by atoms with Gasteiger partial charge in [-0.2, -0.15) is 0 Å². The molecule has 2 aromatic heterocycles. The Bertz CT molecular complexity index is 1150. The van der Waals surface area contributed by atoms with E-state index in [-0.39, 0.29) is 5.56 Å². The van der Waals surface area contributed by atoms with E-state index in [9.17, 15) is 9.90 Å². The lowest BCUT2D eigenvalue weighted by molar-refractivity contribution is 0.0981. The van der Waals surface area contributed by atoms with Gasteiger partial charge in [0, 0.05) is 17.5 Å². The third-order valence-electron chi connectivity index (χ3n) is 5.76. The van der Waals surface area contributed by atoms with Crippen molar-refractivity contribution in [2.75, 3.05) is 27.3 Å². The quantitative estimate of drug-likeness (QED) is 0.337. The van der Waals surface area contributed by atoms with Crippen LogP contribution >= 0.6 is 11.3 Å².